The van der Waals surface area contributed by atoms with Crippen LogP contribution < -0.4 is 0 Å². The van der Waals surface area contributed by atoms with Gasteiger partial charge in [-0.15, -0.1) is 0 Å². The Morgan fingerprint density at radius 3 is 2.10 bits per heavy atom. The van der Waals surface area contributed by atoms with E-state index < -0.39 is 0 Å². The van der Waals surface area contributed by atoms with Crippen LogP contribution in [0.4, 0.5) is 0 Å². The molecule has 0 N–H and O–H groups in total. The zero-order valence-electron chi connectivity index (χ0n) is 12.3. The molecule has 0 nitrogen and oxygen atoms in total. The molecule has 0 aliphatic heterocycles. The maximum absolute atomic E-state index is 2.32. The van der Waals surface area contributed by atoms with Crippen molar-refractivity contribution in [2.24, 2.45) is 0 Å². The second-order valence-corrected chi connectivity index (χ2v) is 4.59. The highest BCUT2D eigenvalue weighted by atomic mass is 14.1. The molecule has 3 rings (SSSR count). The largest absolute Gasteiger partial charge is 0.0836 e. The van der Waals surface area contributed by atoms with Gasteiger partial charge >= 0.3 is 0 Å². The summed E-state index contributed by atoms with van der Waals surface area (Å²) in [6.45, 7) is 4.00. The van der Waals surface area contributed by atoms with Gasteiger partial charge < -0.3 is 0 Å². The van der Waals surface area contributed by atoms with Gasteiger partial charge in [-0.2, -0.15) is 0 Å². The molecule has 0 heteroatoms. The third-order valence-electron chi connectivity index (χ3n) is 3.30. The van der Waals surface area contributed by atoms with Crippen LogP contribution in [0.25, 0.3) is 16.7 Å². The maximum atomic E-state index is 2.32. The molecule has 0 aromatic heterocycles. The van der Waals surface area contributed by atoms with Gasteiger partial charge in [0.1, 0.15) is 0 Å². The van der Waals surface area contributed by atoms with Crippen LogP contribution in [0.1, 0.15) is 32.3 Å². The summed E-state index contributed by atoms with van der Waals surface area (Å²) in [5, 5.41) is 0. The predicted octanol–water partition coefficient (Wildman–Crippen LogP) is 6.11. The fourth-order valence-electron chi connectivity index (χ4n) is 2.34. The molecule has 0 saturated heterocycles. The summed E-state index contributed by atoms with van der Waals surface area (Å²) in [7, 11) is 0. The minimum atomic E-state index is 1.15. The van der Waals surface area contributed by atoms with E-state index in [0.29, 0.717) is 0 Å². The Hall–Kier alpha value is -2.08. The zero-order valence-corrected chi connectivity index (χ0v) is 12.3. The summed E-state index contributed by atoms with van der Waals surface area (Å²) < 4.78 is 0. The first kappa shape index (κ1) is 14.3. The summed E-state index contributed by atoms with van der Waals surface area (Å²) in [5.41, 5.74) is 5.22. The second-order valence-electron chi connectivity index (χ2n) is 4.59. The highest BCUT2D eigenvalue weighted by molar-refractivity contribution is 5.78. The smallest absolute Gasteiger partial charge is 0.0178 e. The van der Waals surface area contributed by atoms with Crippen molar-refractivity contribution in [3.05, 3.63) is 78.4 Å². The monoisotopic (exact) mass is 262 g/mol. The van der Waals surface area contributed by atoms with Crippen LogP contribution in [-0.4, -0.2) is 0 Å². The number of hydrogen-bond donors (Lipinski definition) is 0. The van der Waals surface area contributed by atoms with Crippen molar-refractivity contribution in [3.63, 3.8) is 0 Å². The molecule has 1 aliphatic carbocycles. The van der Waals surface area contributed by atoms with Crippen LogP contribution in [-0.2, 0) is 0 Å². The minimum absolute atomic E-state index is 1.15. The first-order valence-corrected chi connectivity index (χ1v) is 7.46. The van der Waals surface area contributed by atoms with Gasteiger partial charge in [-0.25, -0.2) is 0 Å². The highest BCUT2D eigenvalue weighted by Crippen LogP contribution is 2.26. The molecule has 0 radical (unpaired) electrons. The lowest BCUT2D eigenvalue weighted by molar-refractivity contribution is 1.04. The minimum Gasteiger partial charge on any atom is -0.0836 e. The van der Waals surface area contributed by atoms with Crippen molar-refractivity contribution in [2.45, 2.75) is 26.7 Å². The van der Waals surface area contributed by atoms with Gasteiger partial charge in [0.15, 0.2) is 0 Å². The number of benzene rings is 2. The van der Waals surface area contributed by atoms with Crippen molar-refractivity contribution >= 4 is 5.57 Å². The summed E-state index contributed by atoms with van der Waals surface area (Å²) in [6.07, 6.45) is 9.13. The summed E-state index contributed by atoms with van der Waals surface area (Å²) in [4.78, 5) is 0. The lowest BCUT2D eigenvalue weighted by atomic mass is 9.96. The molecule has 0 unspecified atom stereocenters. The Labute approximate surface area is 122 Å². The Balaban J connectivity index is 0.000000704. The van der Waals surface area contributed by atoms with Crippen LogP contribution in [0.2, 0.25) is 0 Å². The van der Waals surface area contributed by atoms with Crippen molar-refractivity contribution in [3.8, 4) is 11.1 Å². The standard InChI is InChI=1S/C18H16.C2H6/c1-3-8-15(9-4-1)17-12-7-13-18(14-17)16-10-5-2-6-11-16;1-2/h1,3-5,7-14H,2,6H2;1-2H3. The molecule has 0 spiro atoms. The maximum Gasteiger partial charge on any atom is -0.0178 e. The number of hydrogen-bond acceptors (Lipinski definition) is 0. The van der Waals surface area contributed by atoms with E-state index >= 15 is 0 Å². The number of allylic oxidation sites excluding steroid dienone is 4. The Morgan fingerprint density at radius 1 is 0.700 bits per heavy atom. The quantitative estimate of drug-likeness (QED) is 0.612. The fourth-order valence-corrected chi connectivity index (χ4v) is 2.34. The number of rotatable bonds is 2. The van der Waals surface area contributed by atoms with Gasteiger partial charge in [-0.1, -0.05) is 80.6 Å². The van der Waals surface area contributed by atoms with E-state index in [1.165, 1.54) is 28.7 Å². The third-order valence-corrected chi connectivity index (χ3v) is 3.30. The molecule has 2 aromatic rings. The molecule has 2 aromatic carbocycles. The second kappa shape index (κ2) is 7.49. The van der Waals surface area contributed by atoms with Crippen LogP contribution in [0.3, 0.4) is 0 Å². The Kier molecular flexibility index (Phi) is 5.37. The van der Waals surface area contributed by atoms with Gasteiger partial charge in [0, 0.05) is 0 Å². The van der Waals surface area contributed by atoms with Crippen molar-refractivity contribution < 1.29 is 0 Å². The predicted molar refractivity (Wildman–Crippen MR) is 89.6 cm³/mol. The fraction of sp³-hybridized carbons (Fsp3) is 0.200. The molecule has 0 heterocycles. The lowest BCUT2D eigenvalue weighted by Gasteiger charge is -2.09. The molecule has 102 valence electrons. The van der Waals surface area contributed by atoms with Crippen LogP contribution in [0.15, 0.2) is 72.8 Å². The van der Waals surface area contributed by atoms with Crippen LogP contribution in [0.5, 0.6) is 0 Å². The van der Waals surface area contributed by atoms with Crippen LogP contribution >= 0.6 is 0 Å². The molecule has 0 fully saturated rings. The molecule has 0 amide bonds. The average molecular weight is 262 g/mol. The SMILES string of the molecule is C1=CC(c2cccc(-c3ccccc3)c2)=CCC1.CC. The first-order chi connectivity index (χ1) is 9.93. The normalized spacial score (nSPS) is 13.2. The zero-order chi connectivity index (χ0) is 14.2. The van der Waals surface area contributed by atoms with E-state index in [1.54, 1.807) is 0 Å². The molecule has 20 heavy (non-hydrogen) atoms. The summed E-state index contributed by atoms with van der Waals surface area (Å²) >= 11 is 0. The molecular formula is C20H22. The first-order valence-electron chi connectivity index (χ1n) is 7.46. The van der Waals surface area contributed by atoms with E-state index in [4.69, 9.17) is 0 Å². The van der Waals surface area contributed by atoms with E-state index in [2.05, 4.69) is 72.8 Å². The van der Waals surface area contributed by atoms with Gasteiger partial charge in [-0.3, -0.25) is 0 Å². The van der Waals surface area contributed by atoms with Gasteiger partial charge in [0.25, 0.3) is 0 Å². The van der Waals surface area contributed by atoms with Crippen LogP contribution in [0, 0.1) is 0 Å². The molecule has 1 aliphatic rings. The van der Waals surface area contributed by atoms with Gasteiger partial charge in [-0.05, 0) is 41.2 Å². The molecular weight excluding hydrogens is 240 g/mol. The van der Waals surface area contributed by atoms with E-state index in [-0.39, 0.29) is 0 Å². The summed E-state index contributed by atoms with van der Waals surface area (Å²) in [5.74, 6) is 0. The molecule has 0 bridgehead atoms. The highest BCUT2D eigenvalue weighted by Gasteiger charge is 2.03. The van der Waals surface area contributed by atoms with E-state index in [1.807, 2.05) is 13.8 Å². The van der Waals surface area contributed by atoms with Gasteiger partial charge in [0.05, 0.1) is 0 Å². The molecule has 0 atom stereocenters. The molecule has 0 saturated carbocycles. The third kappa shape index (κ3) is 3.48. The van der Waals surface area contributed by atoms with E-state index in [0.717, 1.165) is 6.42 Å². The Bertz CT molecular complexity index is 588. The lowest BCUT2D eigenvalue weighted by Crippen LogP contribution is -1.87. The van der Waals surface area contributed by atoms with Crippen molar-refractivity contribution in [1.29, 1.82) is 0 Å². The Morgan fingerprint density at radius 2 is 1.40 bits per heavy atom. The summed E-state index contributed by atoms with van der Waals surface area (Å²) in [6, 6.07) is 19.3. The van der Waals surface area contributed by atoms with E-state index in [9.17, 15) is 0 Å². The average Bonchev–Trinajstić information content (AvgIpc) is 2.58. The van der Waals surface area contributed by atoms with Gasteiger partial charge in [0.2, 0.25) is 0 Å². The van der Waals surface area contributed by atoms with Crippen molar-refractivity contribution in [2.75, 3.05) is 0 Å². The topological polar surface area (TPSA) is 0 Å². The van der Waals surface area contributed by atoms with Crippen molar-refractivity contribution in [1.82, 2.24) is 0 Å².